The molecule has 0 radical (unpaired) electrons. The first kappa shape index (κ1) is 16.2. The van der Waals surface area contributed by atoms with Gasteiger partial charge in [-0.05, 0) is 36.7 Å². The quantitative estimate of drug-likeness (QED) is 0.565. The molecular weight excluding hydrogens is 332 g/mol. The minimum atomic E-state index is -0.466. The van der Waals surface area contributed by atoms with Crippen LogP contribution in [0.15, 0.2) is 36.5 Å². The van der Waals surface area contributed by atoms with Crippen LogP contribution in [0, 0.1) is 10.1 Å². The lowest BCUT2D eigenvalue weighted by molar-refractivity contribution is -0.384. The van der Waals surface area contributed by atoms with Gasteiger partial charge < -0.3 is 10.5 Å². The summed E-state index contributed by atoms with van der Waals surface area (Å²) in [6.45, 7) is 0.458. The Balaban J connectivity index is 2.32. The Labute approximate surface area is 142 Å². The average molecular weight is 347 g/mol. The number of hydrogen-bond donors (Lipinski definition) is 1. The molecule has 0 fully saturated rings. The zero-order valence-electron chi connectivity index (χ0n) is 12.9. The number of fused-ring (bicyclic) bond motifs is 1. The molecule has 24 heavy (non-hydrogen) atoms. The number of aromatic nitrogens is 2. The van der Waals surface area contributed by atoms with E-state index in [9.17, 15) is 10.1 Å². The standard InChI is InChI=1S/C16H15ClN4O3/c1-24-15-5-4-14(21(22)23)16(19-15)20-9-10(6-7-18)12-8-11(17)2-3-13(12)20/h2-5,8-9H,6-7,18H2,1H3. The Morgan fingerprint density at radius 1 is 1.38 bits per heavy atom. The predicted octanol–water partition coefficient (Wildman–Crippen LogP) is 3.10. The van der Waals surface area contributed by atoms with Crippen molar-refractivity contribution in [3.63, 3.8) is 0 Å². The van der Waals surface area contributed by atoms with Crippen molar-refractivity contribution in [2.45, 2.75) is 6.42 Å². The summed E-state index contributed by atoms with van der Waals surface area (Å²) < 4.78 is 6.79. The number of nitro groups is 1. The number of halogens is 1. The SMILES string of the molecule is COc1ccc([N+](=O)[O-])c(-n2cc(CCN)c3cc(Cl)ccc32)n1. The van der Waals surface area contributed by atoms with Crippen LogP contribution in [-0.4, -0.2) is 28.1 Å². The van der Waals surface area contributed by atoms with Gasteiger partial charge in [-0.1, -0.05) is 11.6 Å². The Kier molecular flexibility index (Phi) is 4.37. The number of nitrogens with zero attached hydrogens (tertiary/aromatic N) is 3. The van der Waals surface area contributed by atoms with Gasteiger partial charge in [0.15, 0.2) is 0 Å². The van der Waals surface area contributed by atoms with Crippen LogP contribution < -0.4 is 10.5 Å². The molecule has 0 atom stereocenters. The summed E-state index contributed by atoms with van der Waals surface area (Å²) in [6, 6.07) is 8.21. The van der Waals surface area contributed by atoms with Crippen molar-refractivity contribution in [3.05, 3.63) is 57.2 Å². The van der Waals surface area contributed by atoms with Gasteiger partial charge in [0.25, 0.3) is 0 Å². The second kappa shape index (κ2) is 6.46. The highest BCUT2D eigenvalue weighted by atomic mass is 35.5. The van der Waals surface area contributed by atoms with E-state index in [1.165, 1.54) is 19.2 Å². The third-order valence-corrected chi connectivity index (χ3v) is 3.96. The smallest absolute Gasteiger partial charge is 0.312 e. The molecule has 3 aromatic rings. The molecule has 0 unspecified atom stereocenters. The summed E-state index contributed by atoms with van der Waals surface area (Å²) >= 11 is 6.09. The average Bonchev–Trinajstić information content (AvgIpc) is 2.92. The highest BCUT2D eigenvalue weighted by Crippen LogP contribution is 2.31. The number of hydrogen-bond acceptors (Lipinski definition) is 5. The third kappa shape index (κ3) is 2.79. The maximum atomic E-state index is 11.4. The molecule has 2 heterocycles. The number of ether oxygens (including phenoxy) is 1. The number of pyridine rings is 1. The number of nitrogens with two attached hydrogens (primary N) is 1. The van der Waals surface area contributed by atoms with Crippen LogP contribution in [0.3, 0.4) is 0 Å². The first-order valence-corrected chi connectivity index (χ1v) is 7.62. The monoisotopic (exact) mass is 346 g/mol. The zero-order chi connectivity index (χ0) is 17.3. The Morgan fingerprint density at radius 2 is 2.17 bits per heavy atom. The second-order valence-corrected chi connectivity index (χ2v) is 5.61. The Morgan fingerprint density at radius 3 is 2.83 bits per heavy atom. The summed E-state index contributed by atoms with van der Waals surface area (Å²) in [5.41, 5.74) is 7.29. The molecule has 7 nitrogen and oxygen atoms in total. The first-order valence-electron chi connectivity index (χ1n) is 7.24. The molecule has 2 aromatic heterocycles. The minimum absolute atomic E-state index is 0.109. The van der Waals surface area contributed by atoms with E-state index in [2.05, 4.69) is 4.98 Å². The van der Waals surface area contributed by atoms with Gasteiger partial charge in [-0.25, -0.2) is 0 Å². The van der Waals surface area contributed by atoms with Gasteiger partial charge in [0.2, 0.25) is 11.7 Å². The fourth-order valence-corrected chi connectivity index (χ4v) is 2.83. The van der Waals surface area contributed by atoms with Gasteiger partial charge in [0.05, 0.1) is 17.5 Å². The van der Waals surface area contributed by atoms with Gasteiger partial charge in [-0.3, -0.25) is 14.7 Å². The molecule has 2 N–H and O–H groups in total. The maximum Gasteiger partial charge on any atom is 0.312 e. The van der Waals surface area contributed by atoms with Gasteiger partial charge in [0.1, 0.15) is 0 Å². The van der Waals surface area contributed by atoms with Gasteiger partial charge in [-0.2, -0.15) is 4.98 Å². The molecule has 0 aliphatic carbocycles. The molecule has 0 spiro atoms. The van der Waals surface area contributed by atoms with Crippen molar-refractivity contribution in [2.75, 3.05) is 13.7 Å². The lowest BCUT2D eigenvalue weighted by Crippen LogP contribution is -2.04. The van der Waals surface area contributed by atoms with Crippen molar-refractivity contribution < 1.29 is 9.66 Å². The van der Waals surface area contributed by atoms with Gasteiger partial charge >= 0.3 is 5.69 Å². The first-order chi connectivity index (χ1) is 11.5. The van der Waals surface area contributed by atoms with E-state index in [-0.39, 0.29) is 11.5 Å². The van der Waals surface area contributed by atoms with Gasteiger partial charge in [-0.15, -0.1) is 0 Å². The molecule has 0 aliphatic heterocycles. The maximum absolute atomic E-state index is 11.4. The molecule has 3 rings (SSSR count). The summed E-state index contributed by atoms with van der Waals surface area (Å²) in [5, 5.41) is 12.9. The van der Waals surface area contributed by atoms with E-state index in [1.807, 2.05) is 18.3 Å². The number of benzene rings is 1. The van der Waals surface area contributed by atoms with Crippen molar-refractivity contribution in [2.24, 2.45) is 5.73 Å². The third-order valence-electron chi connectivity index (χ3n) is 3.73. The molecule has 0 aliphatic rings. The number of methoxy groups -OCH3 is 1. The molecule has 0 saturated carbocycles. The van der Waals surface area contributed by atoms with Crippen LogP contribution in [0.4, 0.5) is 5.69 Å². The largest absolute Gasteiger partial charge is 0.481 e. The molecule has 124 valence electrons. The van der Waals surface area contributed by atoms with E-state index < -0.39 is 4.92 Å². The Hall–Kier alpha value is -2.64. The highest BCUT2D eigenvalue weighted by Gasteiger charge is 2.21. The minimum Gasteiger partial charge on any atom is -0.481 e. The molecule has 0 bridgehead atoms. The summed E-state index contributed by atoms with van der Waals surface area (Å²) in [5.74, 6) is 0.488. The summed E-state index contributed by atoms with van der Waals surface area (Å²) in [7, 11) is 1.46. The van der Waals surface area contributed by atoms with E-state index in [0.717, 1.165) is 16.5 Å². The van der Waals surface area contributed by atoms with Crippen molar-refractivity contribution in [1.82, 2.24) is 9.55 Å². The zero-order valence-corrected chi connectivity index (χ0v) is 13.7. The van der Waals surface area contributed by atoms with E-state index in [4.69, 9.17) is 22.1 Å². The van der Waals surface area contributed by atoms with Crippen LogP contribution in [-0.2, 0) is 6.42 Å². The molecular formula is C16H15ClN4O3. The normalized spacial score (nSPS) is 11.0. The lowest BCUT2D eigenvalue weighted by Gasteiger charge is -2.07. The van der Waals surface area contributed by atoms with E-state index in [0.29, 0.717) is 23.9 Å². The summed E-state index contributed by atoms with van der Waals surface area (Å²) in [6.07, 6.45) is 2.43. The second-order valence-electron chi connectivity index (χ2n) is 5.18. The van der Waals surface area contributed by atoms with Crippen molar-refractivity contribution in [1.29, 1.82) is 0 Å². The van der Waals surface area contributed by atoms with Crippen molar-refractivity contribution >= 4 is 28.2 Å². The predicted molar refractivity (Wildman–Crippen MR) is 92.0 cm³/mol. The summed E-state index contributed by atoms with van der Waals surface area (Å²) in [4.78, 5) is 15.2. The van der Waals surface area contributed by atoms with Crippen molar-refractivity contribution in [3.8, 4) is 11.7 Å². The van der Waals surface area contributed by atoms with Crippen LogP contribution in [0.5, 0.6) is 5.88 Å². The van der Waals surface area contributed by atoms with Gasteiger partial charge in [0, 0.05) is 28.7 Å². The fourth-order valence-electron chi connectivity index (χ4n) is 2.66. The van der Waals surface area contributed by atoms with Crippen LogP contribution in [0.1, 0.15) is 5.56 Å². The van der Waals surface area contributed by atoms with E-state index >= 15 is 0 Å². The molecule has 8 heteroatoms. The Bertz CT molecular complexity index is 923. The topological polar surface area (TPSA) is 96.2 Å². The lowest BCUT2D eigenvalue weighted by atomic mass is 10.1. The fraction of sp³-hybridized carbons (Fsp3) is 0.188. The molecule has 0 saturated heterocycles. The molecule has 1 aromatic carbocycles. The number of rotatable bonds is 5. The van der Waals surface area contributed by atoms with Crippen LogP contribution in [0.25, 0.3) is 16.7 Å². The van der Waals surface area contributed by atoms with Crippen LogP contribution >= 0.6 is 11.6 Å². The molecule has 0 amide bonds. The highest BCUT2D eigenvalue weighted by molar-refractivity contribution is 6.31. The van der Waals surface area contributed by atoms with Crippen LogP contribution in [0.2, 0.25) is 5.02 Å². The van der Waals surface area contributed by atoms with E-state index in [1.54, 1.807) is 10.6 Å².